The number of esters is 1. The number of carbonyl (C=O) groups is 2. The van der Waals surface area contributed by atoms with Crippen LogP contribution in [0.1, 0.15) is 18.4 Å². The summed E-state index contributed by atoms with van der Waals surface area (Å²) in [5.41, 5.74) is 0.930. The Morgan fingerprint density at radius 1 is 1.35 bits per heavy atom. The van der Waals surface area contributed by atoms with Crippen LogP contribution in [-0.2, 0) is 20.7 Å². The zero-order chi connectivity index (χ0) is 14.5. The molecule has 2 rings (SSSR count). The molecule has 1 heterocycles. The van der Waals surface area contributed by atoms with Gasteiger partial charge in [0.05, 0.1) is 19.4 Å². The fraction of sp³-hybridized carbons (Fsp3) is 0.467. The minimum Gasteiger partial charge on any atom is -0.469 e. The van der Waals surface area contributed by atoms with Gasteiger partial charge in [-0.1, -0.05) is 23.7 Å². The minimum absolute atomic E-state index is 0.0425. The standard InChI is InChI=1S/C15H18ClNO3/c1-20-15(19)12-3-2-8-17(10-12)14(18)9-11-4-6-13(16)7-5-11/h4-7,12H,2-3,8-10H2,1H3/t12-/m0/s1. The van der Waals surface area contributed by atoms with Crippen LogP contribution in [0.25, 0.3) is 0 Å². The maximum absolute atomic E-state index is 12.2. The second-order valence-electron chi connectivity index (χ2n) is 5.01. The number of carbonyl (C=O) groups excluding carboxylic acids is 2. The Balaban J connectivity index is 1.95. The Kier molecular flexibility index (Phi) is 5.01. The van der Waals surface area contributed by atoms with Gasteiger partial charge >= 0.3 is 5.97 Å². The van der Waals surface area contributed by atoms with Crippen LogP contribution >= 0.6 is 11.6 Å². The van der Waals surface area contributed by atoms with Crippen molar-refractivity contribution in [3.05, 3.63) is 34.9 Å². The van der Waals surface area contributed by atoms with Crippen LogP contribution < -0.4 is 0 Å². The van der Waals surface area contributed by atoms with Gasteiger partial charge < -0.3 is 9.64 Å². The molecule has 1 saturated heterocycles. The molecule has 1 aliphatic heterocycles. The molecule has 5 heteroatoms. The average molecular weight is 296 g/mol. The topological polar surface area (TPSA) is 46.6 Å². The zero-order valence-corrected chi connectivity index (χ0v) is 12.2. The molecular formula is C15H18ClNO3. The number of amides is 1. The molecule has 1 amide bonds. The molecule has 1 aromatic rings. The summed E-state index contributed by atoms with van der Waals surface area (Å²) in [6.07, 6.45) is 1.97. The van der Waals surface area contributed by atoms with Gasteiger partial charge in [0.2, 0.25) is 5.91 Å². The van der Waals surface area contributed by atoms with Gasteiger partial charge in [0.15, 0.2) is 0 Å². The van der Waals surface area contributed by atoms with E-state index in [0.717, 1.165) is 18.4 Å². The van der Waals surface area contributed by atoms with Crippen LogP contribution in [0.3, 0.4) is 0 Å². The zero-order valence-electron chi connectivity index (χ0n) is 11.5. The van der Waals surface area contributed by atoms with Crippen LogP contribution in [0.4, 0.5) is 0 Å². The van der Waals surface area contributed by atoms with E-state index in [1.165, 1.54) is 7.11 Å². The number of piperidine rings is 1. The highest BCUT2D eigenvalue weighted by Crippen LogP contribution is 2.19. The van der Waals surface area contributed by atoms with Crippen molar-refractivity contribution in [2.75, 3.05) is 20.2 Å². The van der Waals surface area contributed by atoms with Crippen molar-refractivity contribution in [2.45, 2.75) is 19.3 Å². The van der Waals surface area contributed by atoms with Crippen molar-refractivity contribution in [1.82, 2.24) is 4.90 Å². The maximum Gasteiger partial charge on any atom is 0.310 e. The van der Waals surface area contributed by atoms with Crippen molar-refractivity contribution >= 4 is 23.5 Å². The predicted molar refractivity (Wildman–Crippen MR) is 76.5 cm³/mol. The Labute approximate surface area is 123 Å². The van der Waals surface area contributed by atoms with Gasteiger partial charge in [0.1, 0.15) is 0 Å². The van der Waals surface area contributed by atoms with Crippen LogP contribution in [0.5, 0.6) is 0 Å². The van der Waals surface area contributed by atoms with Crippen molar-refractivity contribution in [3.8, 4) is 0 Å². The van der Waals surface area contributed by atoms with Crippen LogP contribution in [0, 0.1) is 5.92 Å². The molecule has 0 aliphatic carbocycles. The third-order valence-electron chi connectivity index (χ3n) is 3.58. The highest BCUT2D eigenvalue weighted by atomic mass is 35.5. The molecular weight excluding hydrogens is 278 g/mol. The summed E-state index contributed by atoms with van der Waals surface area (Å²) < 4.78 is 4.76. The van der Waals surface area contributed by atoms with E-state index in [2.05, 4.69) is 0 Å². The van der Waals surface area contributed by atoms with Gasteiger partial charge in [0, 0.05) is 18.1 Å². The van der Waals surface area contributed by atoms with Crippen molar-refractivity contribution in [1.29, 1.82) is 0 Å². The smallest absolute Gasteiger partial charge is 0.310 e. The highest BCUT2D eigenvalue weighted by Gasteiger charge is 2.28. The lowest BCUT2D eigenvalue weighted by molar-refractivity contribution is -0.148. The third kappa shape index (κ3) is 3.73. The Bertz CT molecular complexity index is 486. The molecule has 0 aromatic heterocycles. The van der Waals surface area contributed by atoms with Crippen LogP contribution in [0.15, 0.2) is 24.3 Å². The summed E-state index contributed by atoms with van der Waals surface area (Å²) in [5.74, 6) is -0.377. The molecule has 4 nitrogen and oxygen atoms in total. The molecule has 0 saturated carbocycles. The van der Waals surface area contributed by atoms with E-state index < -0.39 is 0 Å². The molecule has 0 unspecified atom stereocenters. The summed E-state index contributed by atoms with van der Waals surface area (Å²) in [4.78, 5) is 25.6. The first kappa shape index (κ1) is 14.9. The van der Waals surface area contributed by atoms with Gasteiger partial charge in [-0.25, -0.2) is 0 Å². The maximum atomic E-state index is 12.2. The van der Waals surface area contributed by atoms with E-state index in [-0.39, 0.29) is 17.8 Å². The molecule has 0 spiro atoms. The second-order valence-corrected chi connectivity index (χ2v) is 5.44. The van der Waals surface area contributed by atoms with Crippen molar-refractivity contribution < 1.29 is 14.3 Å². The number of rotatable bonds is 3. The quantitative estimate of drug-likeness (QED) is 0.804. The number of benzene rings is 1. The van der Waals surface area contributed by atoms with Gasteiger partial charge in [-0.15, -0.1) is 0 Å². The Morgan fingerprint density at radius 3 is 2.70 bits per heavy atom. The fourth-order valence-electron chi connectivity index (χ4n) is 2.45. The number of nitrogens with zero attached hydrogens (tertiary/aromatic N) is 1. The molecule has 108 valence electrons. The lowest BCUT2D eigenvalue weighted by atomic mass is 9.97. The fourth-order valence-corrected chi connectivity index (χ4v) is 2.58. The molecule has 0 bridgehead atoms. The van der Waals surface area contributed by atoms with E-state index in [4.69, 9.17) is 16.3 Å². The number of methoxy groups -OCH3 is 1. The van der Waals surface area contributed by atoms with E-state index in [9.17, 15) is 9.59 Å². The van der Waals surface area contributed by atoms with Gasteiger partial charge in [-0.05, 0) is 30.5 Å². The number of likely N-dealkylation sites (tertiary alicyclic amines) is 1. The van der Waals surface area contributed by atoms with E-state index >= 15 is 0 Å². The van der Waals surface area contributed by atoms with E-state index in [0.29, 0.717) is 24.5 Å². The first-order valence-corrected chi connectivity index (χ1v) is 7.08. The summed E-state index contributed by atoms with van der Waals surface area (Å²) in [6.45, 7) is 1.17. The van der Waals surface area contributed by atoms with Crippen LogP contribution in [0.2, 0.25) is 5.02 Å². The highest BCUT2D eigenvalue weighted by molar-refractivity contribution is 6.30. The molecule has 0 N–H and O–H groups in total. The molecule has 1 atom stereocenters. The third-order valence-corrected chi connectivity index (χ3v) is 3.83. The first-order chi connectivity index (χ1) is 9.60. The summed E-state index contributed by atoms with van der Waals surface area (Å²) >= 11 is 5.82. The van der Waals surface area contributed by atoms with Gasteiger partial charge in [-0.2, -0.15) is 0 Å². The monoisotopic (exact) mass is 295 g/mol. The lowest BCUT2D eigenvalue weighted by Gasteiger charge is -2.31. The second kappa shape index (κ2) is 6.75. The van der Waals surface area contributed by atoms with Gasteiger partial charge in [0.25, 0.3) is 0 Å². The van der Waals surface area contributed by atoms with Gasteiger partial charge in [-0.3, -0.25) is 9.59 Å². The Hall–Kier alpha value is -1.55. The molecule has 20 heavy (non-hydrogen) atoms. The SMILES string of the molecule is COC(=O)[C@H]1CCCN(C(=O)Cc2ccc(Cl)cc2)C1. The van der Waals surface area contributed by atoms with Crippen LogP contribution in [-0.4, -0.2) is 37.0 Å². The summed E-state index contributed by atoms with van der Waals surface area (Å²) in [7, 11) is 1.39. The Morgan fingerprint density at radius 2 is 2.05 bits per heavy atom. The minimum atomic E-state index is -0.228. The lowest BCUT2D eigenvalue weighted by Crippen LogP contribution is -2.43. The van der Waals surface area contributed by atoms with E-state index in [1.807, 2.05) is 12.1 Å². The molecule has 0 radical (unpaired) electrons. The summed E-state index contributed by atoms with van der Waals surface area (Å²) in [5, 5.41) is 0.657. The molecule has 1 aliphatic rings. The largest absolute Gasteiger partial charge is 0.469 e. The normalized spacial score (nSPS) is 18.7. The first-order valence-electron chi connectivity index (χ1n) is 6.70. The number of ether oxygens (including phenoxy) is 1. The predicted octanol–water partition coefficient (Wildman–Crippen LogP) is 2.29. The van der Waals surface area contributed by atoms with Crippen molar-refractivity contribution in [3.63, 3.8) is 0 Å². The average Bonchev–Trinajstić information content (AvgIpc) is 2.49. The molecule has 1 fully saturated rings. The number of halogens is 1. The van der Waals surface area contributed by atoms with Crippen molar-refractivity contribution in [2.24, 2.45) is 5.92 Å². The van der Waals surface area contributed by atoms with E-state index in [1.54, 1.807) is 17.0 Å². The number of hydrogen-bond acceptors (Lipinski definition) is 3. The number of hydrogen-bond donors (Lipinski definition) is 0. The summed E-state index contributed by atoms with van der Waals surface area (Å²) in [6, 6.07) is 7.25. The molecule has 1 aromatic carbocycles.